The standard InChI is InChI=1S/C15H23N5OS.HI/c1-10-9-22-14(19-10)6-5-7-17-15(16-4)18-8-13-20-11(2)12(3)21-13;/h9H,5-8H2,1-4H3,(H2,16,17,18);1H. The summed E-state index contributed by atoms with van der Waals surface area (Å²) in [6.45, 7) is 7.26. The molecule has 0 saturated heterocycles. The number of halogens is 1. The van der Waals surface area contributed by atoms with Crippen LogP contribution in [-0.4, -0.2) is 29.5 Å². The summed E-state index contributed by atoms with van der Waals surface area (Å²) in [5.74, 6) is 2.29. The molecule has 0 aliphatic heterocycles. The first-order chi connectivity index (χ1) is 10.6. The highest BCUT2D eigenvalue weighted by Gasteiger charge is 2.06. The van der Waals surface area contributed by atoms with E-state index in [2.05, 4.69) is 31.0 Å². The van der Waals surface area contributed by atoms with Gasteiger partial charge in [0.15, 0.2) is 5.96 Å². The van der Waals surface area contributed by atoms with E-state index in [4.69, 9.17) is 4.42 Å². The Labute approximate surface area is 158 Å². The first-order valence-electron chi connectivity index (χ1n) is 7.37. The summed E-state index contributed by atoms with van der Waals surface area (Å²) in [6.07, 6.45) is 2.01. The van der Waals surface area contributed by atoms with Crippen LogP contribution in [0.15, 0.2) is 14.8 Å². The van der Waals surface area contributed by atoms with Crippen LogP contribution in [0.5, 0.6) is 0 Å². The molecule has 0 radical (unpaired) electrons. The molecule has 2 aromatic heterocycles. The van der Waals surface area contributed by atoms with Crippen molar-refractivity contribution in [1.29, 1.82) is 0 Å². The van der Waals surface area contributed by atoms with Crippen LogP contribution in [0.3, 0.4) is 0 Å². The fourth-order valence-electron chi connectivity index (χ4n) is 1.96. The zero-order valence-electron chi connectivity index (χ0n) is 14.0. The van der Waals surface area contributed by atoms with Gasteiger partial charge in [0.05, 0.1) is 17.2 Å². The smallest absolute Gasteiger partial charge is 0.214 e. The third kappa shape index (κ3) is 6.46. The highest BCUT2D eigenvalue weighted by atomic mass is 127. The predicted molar refractivity (Wildman–Crippen MR) is 105 cm³/mol. The molecule has 0 saturated carbocycles. The van der Waals surface area contributed by atoms with Gasteiger partial charge in [-0.2, -0.15) is 0 Å². The van der Waals surface area contributed by atoms with Gasteiger partial charge in [0.25, 0.3) is 0 Å². The minimum absolute atomic E-state index is 0. The van der Waals surface area contributed by atoms with Crippen LogP contribution >= 0.6 is 35.3 Å². The topological polar surface area (TPSA) is 75.3 Å². The van der Waals surface area contributed by atoms with Crippen LogP contribution in [0.25, 0.3) is 0 Å². The van der Waals surface area contributed by atoms with Crippen LogP contribution in [0.1, 0.15) is 34.5 Å². The van der Waals surface area contributed by atoms with Gasteiger partial charge in [0.1, 0.15) is 5.76 Å². The lowest BCUT2D eigenvalue weighted by molar-refractivity contribution is 0.463. The van der Waals surface area contributed by atoms with E-state index < -0.39 is 0 Å². The Morgan fingerprint density at radius 3 is 2.61 bits per heavy atom. The van der Waals surface area contributed by atoms with Crippen LogP contribution in [0.2, 0.25) is 0 Å². The number of nitrogens with one attached hydrogen (secondary N) is 2. The van der Waals surface area contributed by atoms with Crippen molar-refractivity contribution in [3.63, 3.8) is 0 Å². The first kappa shape index (κ1) is 19.9. The van der Waals surface area contributed by atoms with Crippen molar-refractivity contribution in [1.82, 2.24) is 20.6 Å². The molecule has 23 heavy (non-hydrogen) atoms. The van der Waals surface area contributed by atoms with Gasteiger partial charge in [-0.25, -0.2) is 9.97 Å². The zero-order chi connectivity index (χ0) is 15.9. The summed E-state index contributed by atoms with van der Waals surface area (Å²) in [5, 5.41) is 9.76. The lowest BCUT2D eigenvalue weighted by Gasteiger charge is -2.10. The van der Waals surface area contributed by atoms with Gasteiger partial charge < -0.3 is 15.1 Å². The van der Waals surface area contributed by atoms with E-state index in [0.29, 0.717) is 12.4 Å². The second-order valence-corrected chi connectivity index (χ2v) is 6.03. The molecule has 6 nitrogen and oxygen atoms in total. The number of nitrogens with zero attached hydrogens (tertiary/aromatic N) is 3. The maximum absolute atomic E-state index is 5.53. The summed E-state index contributed by atoms with van der Waals surface area (Å²) >= 11 is 1.72. The molecule has 0 aliphatic rings. The number of hydrogen-bond acceptors (Lipinski definition) is 5. The minimum Gasteiger partial charge on any atom is -0.444 e. The van der Waals surface area contributed by atoms with E-state index in [1.54, 1.807) is 18.4 Å². The Bertz CT molecular complexity index is 618. The van der Waals surface area contributed by atoms with Crippen molar-refractivity contribution in [3.05, 3.63) is 33.4 Å². The number of aryl methyl sites for hydroxylation is 4. The second kappa shape index (κ2) is 9.86. The van der Waals surface area contributed by atoms with Gasteiger partial charge >= 0.3 is 0 Å². The Morgan fingerprint density at radius 2 is 2.04 bits per heavy atom. The molecule has 2 aromatic rings. The van der Waals surface area contributed by atoms with E-state index in [1.807, 2.05) is 20.8 Å². The van der Waals surface area contributed by atoms with E-state index in [-0.39, 0.29) is 24.0 Å². The number of aliphatic imine (C=N–C) groups is 1. The molecule has 2 rings (SSSR count). The number of thiazole rings is 1. The number of guanidine groups is 1. The molecule has 2 heterocycles. The molecular formula is C15H24IN5OS. The van der Waals surface area contributed by atoms with Gasteiger partial charge in [-0.15, -0.1) is 35.3 Å². The highest BCUT2D eigenvalue weighted by molar-refractivity contribution is 14.0. The molecule has 0 amide bonds. The predicted octanol–water partition coefficient (Wildman–Crippen LogP) is 2.97. The lowest BCUT2D eigenvalue weighted by atomic mass is 10.3. The third-order valence-electron chi connectivity index (χ3n) is 3.23. The van der Waals surface area contributed by atoms with Crippen LogP contribution in [0, 0.1) is 20.8 Å². The van der Waals surface area contributed by atoms with E-state index >= 15 is 0 Å². The summed E-state index contributed by atoms with van der Waals surface area (Å²) in [5.41, 5.74) is 2.03. The van der Waals surface area contributed by atoms with Crippen molar-refractivity contribution < 1.29 is 4.42 Å². The lowest BCUT2D eigenvalue weighted by Crippen LogP contribution is -2.37. The van der Waals surface area contributed by atoms with Crippen molar-refractivity contribution in [2.75, 3.05) is 13.6 Å². The van der Waals surface area contributed by atoms with Crippen LogP contribution in [0.4, 0.5) is 0 Å². The third-order valence-corrected chi connectivity index (χ3v) is 4.26. The van der Waals surface area contributed by atoms with E-state index in [1.165, 1.54) is 5.01 Å². The Morgan fingerprint density at radius 1 is 1.26 bits per heavy atom. The second-order valence-electron chi connectivity index (χ2n) is 5.09. The number of aromatic nitrogens is 2. The average Bonchev–Trinajstić information content (AvgIpc) is 3.04. The minimum atomic E-state index is 0. The van der Waals surface area contributed by atoms with Crippen molar-refractivity contribution in [2.45, 2.75) is 40.2 Å². The van der Waals surface area contributed by atoms with Crippen molar-refractivity contribution in [3.8, 4) is 0 Å². The van der Waals surface area contributed by atoms with Gasteiger partial charge in [0.2, 0.25) is 5.89 Å². The quantitative estimate of drug-likeness (QED) is 0.307. The van der Waals surface area contributed by atoms with E-state index in [9.17, 15) is 0 Å². The molecule has 0 aliphatic carbocycles. The molecule has 128 valence electrons. The molecule has 0 atom stereocenters. The van der Waals surface area contributed by atoms with Gasteiger partial charge in [-0.1, -0.05) is 0 Å². The average molecular weight is 449 g/mol. The fraction of sp³-hybridized carbons (Fsp3) is 0.533. The van der Waals surface area contributed by atoms with Gasteiger partial charge in [-0.05, 0) is 27.2 Å². The van der Waals surface area contributed by atoms with E-state index in [0.717, 1.165) is 42.5 Å². The number of oxazole rings is 1. The molecule has 0 spiro atoms. The number of hydrogen-bond donors (Lipinski definition) is 2. The summed E-state index contributed by atoms with van der Waals surface area (Å²) in [6, 6.07) is 0. The molecule has 0 unspecified atom stereocenters. The van der Waals surface area contributed by atoms with Crippen LogP contribution < -0.4 is 10.6 Å². The van der Waals surface area contributed by atoms with Crippen molar-refractivity contribution >= 4 is 41.3 Å². The largest absolute Gasteiger partial charge is 0.444 e. The maximum Gasteiger partial charge on any atom is 0.214 e. The Hall–Kier alpha value is -1.16. The molecular weight excluding hydrogens is 425 g/mol. The normalized spacial score (nSPS) is 11.2. The van der Waals surface area contributed by atoms with Crippen molar-refractivity contribution in [2.24, 2.45) is 4.99 Å². The van der Waals surface area contributed by atoms with Gasteiger partial charge in [0, 0.05) is 31.1 Å². The molecule has 0 fully saturated rings. The van der Waals surface area contributed by atoms with Gasteiger partial charge in [-0.3, -0.25) is 4.99 Å². The maximum atomic E-state index is 5.53. The summed E-state index contributed by atoms with van der Waals surface area (Å²) in [7, 11) is 1.76. The monoisotopic (exact) mass is 449 g/mol. The summed E-state index contributed by atoms with van der Waals surface area (Å²) in [4.78, 5) is 13.0. The molecule has 2 N–H and O–H groups in total. The fourth-order valence-corrected chi connectivity index (χ4v) is 2.78. The zero-order valence-corrected chi connectivity index (χ0v) is 17.1. The Kier molecular flexibility index (Phi) is 8.53. The Balaban J connectivity index is 0.00000264. The molecule has 8 heteroatoms. The SMILES string of the molecule is CN=C(NCCCc1nc(C)cs1)NCc1nc(C)c(C)o1.I. The number of rotatable bonds is 6. The first-order valence-corrected chi connectivity index (χ1v) is 8.25. The highest BCUT2D eigenvalue weighted by Crippen LogP contribution is 2.10. The molecule has 0 bridgehead atoms. The molecule has 0 aromatic carbocycles. The summed E-state index contributed by atoms with van der Waals surface area (Å²) < 4.78 is 5.53. The van der Waals surface area contributed by atoms with Crippen LogP contribution in [-0.2, 0) is 13.0 Å².